The van der Waals surface area contributed by atoms with Gasteiger partial charge in [-0.05, 0) is 37.0 Å². The summed E-state index contributed by atoms with van der Waals surface area (Å²) in [5.41, 5.74) is 1.74. The molecule has 0 spiro atoms. The summed E-state index contributed by atoms with van der Waals surface area (Å²) < 4.78 is 0. The molecule has 4 nitrogen and oxygen atoms in total. The Bertz CT molecular complexity index is 434. The summed E-state index contributed by atoms with van der Waals surface area (Å²) in [4.78, 5) is 11.1. The summed E-state index contributed by atoms with van der Waals surface area (Å²) in [6.07, 6.45) is 5.01. The Morgan fingerprint density at radius 3 is 2.89 bits per heavy atom. The van der Waals surface area contributed by atoms with Crippen LogP contribution in [0.25, 0.3) is 0 Å². The van der Waals surface area contributed by atoms with E-state index in [-0.39, 0.29) is 5.91 Å². The third kappa shape index (κ3) is 4.24. The summed E-state index contributed by atoms with van der Waals surface area (Å²) in [5, 5.41) is 14.9. The summed E-state index contributed by atoms with van der Waals surface area (Å²) >= 11 is 0. The number of carbonyl (C=O) groups is 1. The first kappa shape index (κ1) is 13.9. The quantitative estimate of drug-likeness (QED) is 0.781. The van der Waals surface area contributed by atoms with Crippen molar-refractivity contribution in [1.29, 1.82) is 0 Å². The maximum atomic E-state index is 11.1. The lowest BCUT2D eigenvalue weighted by Gasteiger charge is -2.28. The van der Waals surface area contributed by atoms with Crippen LogP contribution in [0.3, 0.4) is 0 Å². The van der Waals surface area contributed by atoms with Gasteiger partial charge in [0.25, 0.3) is 0 Å². The fourth-order valence-electron chi connectivity index (χ4n) is 2.69. The van der Waals surface area contributed by atoms with Crippen LogP contribution in [0.1, 0.15) is 32.6 Å². The van der Waals surface area contributed by atoms with Crippen LogP contribution in [0.4, 0.5) is 11.4 Å². The molecule has 1 aliphatic carbocycles. The van der Waals surface area contributed by atoms with Gasteiger partial charge in [-0.1, -0.05) is 25.8 Å². The highest BCUT2D eigenvalue weighted by atomic mass is 16.3. The monoisotopic (exact) mass is 262 g/mol. The van der Waals surface area contributed by atoms with Crippen molar-refractivity contribution in [2.45, 2.75) is 38.6 Å². The standard InChI is InChI=1S/C15H22N2O2/c1-11-4-2-5-12(8-11)16-13-6-3-7-14(9-13)17-15(19)10-18/h3,6-7,9,11-12,16,18H,2,4-5,8,10H2,1H3,(H,17,19). The highest BCUT2D eigenvalue weighted by molar-refractivity contribution is 5.91. The van der Waals surface area contributed by atoms with Crippen LogP contribution in [0.2, 0.25) is 0 Å². The zero-order chi connectivity index (χ0) is 13.7. The molecule has 1 saturated carbocycles. The Morgan fingerprint density at radius 2 is 2.16 bits per heavy atom. The number of benzene rings is 1. The van der Waals surface area contributed by atoms with Crippen molar-refractivity contribution < 1.29 is 9.90 Å². The maximum Gasteiger partial charge on any atom is 0.250 e. The van der Waals surface area contributed by atoms with Crippen molar-refractivity contribution in [3.05, 3.63) is 24.3 Å². The molecule has 104 valence electrons. The average Bonchev–Trinajstić information content (AvgIpc) is 2.39. The van der Waals surface area contributed by atoms with Gasteiger partial charge >= 0.3 is 0 Å². The first-order valence-corrected chi connectivity index (χ1v) is 6.94. The molecule has 1 fully saturated rings. The third-order valence-corrected chi connectivity index (χ3v) is 3.60. The number of anilines is 2. The predicted molar refractivity (Wildman–Crippen MR) is 77.2 cm³/mol. The molecule has 0 bridgehead atoms. The number of hydrogen-bond acceptors (Lipinski definition) is 3. The second-order valence-corrected chi connectivity index (χ2v) is 5.40. The van der Waals surface area contributed by atoms with Gasteiger partial charge in [0, 0.05) is 17.4 Å². The van der Waals surface area contributed by atoms with Crippen molar-refractivity contribution in [2.24, 2.45) is 5.92 Å². The van der Waals surface area contributed by atoms with Gasteiger partial charge in [-0.25, -0.2) is 0 Å². The third-order valence-electron chi connectivity index (χ3n) is 3.60. The first-order valence-electron chi connectivity index (χ1n) is 6.94. The van der Waals surface area contributed by atoms with Gasteiger partial charge < -0.3 is 15.7 Å². The molecule has 2 unspecified atom stereocenters. The molecule has 0 saturated heterocycles. The Morgan fingerprint density at radius 1 is 1.37 bits per heavy atom. The molecule has 0 aromatic heterocycles. The first-order chi connectivity index (χ1) is 9.17. The van der Waals surface area contributed by atoms with Crippen LogP contribution in [0.15, 0.2) is 24.3 Å². The van der Waals surface area contributed by atoms with E-state index in [4.69, 9.17) is 5.11 Å². The minimum atomic E-state index is -0.488. The average molecular weight is 262 g/mol. The maximum absolute atomic E-state index is 11.1. The molecule has 1 aromatic rings. The van der Waals surface area contributed by atoms with E-state index in [9.17, 15) is 4.79 Å². The minimum Gasteiger partial charge on any atom is -0.387 e. The lowest BCUT2D eigenvalue weighted by Crippen LogP contribution is -2.26. The van der Waals surface area contributed by atoms with E-state index < -0.39 is 6.61 Å². The van der Waals surface area contributed by atoms with E-state index in [1.807, 2.05) is 24.3 Å². The fraction of sp³-hybridized carbons (Fsp3) is 0.533. The normalized spacial score (nSPS) is 22.8. The van der Waals surface area contributed by atoms with Gasteiger partial charge in [-0.3, -0.25) is 4.79 Å². The number of aliphatic hydroxyl groups is 1. The van der Waals surface area contributed by atoms with E-state index in [1.165, 1.54) is 25.7 Å². The SMILES string of the molecule is CC1CCCC(Nc2cccc(NC(=O)CO)c2)C1. The summed E-state index contributed by atoms with van der Waals surface area (Å²) in [7, 11) is 0. The molecule has 19 heavy (non-hydrogen) atoms. The fourth-order valence-corrected chi connectivity index (χ4v) is 2.69. The van der Waals surface area contributed by atoms with E-state index in [0.717, 1.165) is 11.6 Å². The van der Waals surface area contributed by atoms with Gasteiger partial charge in [-0.2, -0.15) is 0 Å². The molecule has 1 aromatic carbocycles. The van der Waals surface area contributed by atoms with Crippen molar-refractivity contribution in [3.63, 3.8) is 0 Å². The predicted octanol–water partition coefficient (Wildman–Crippen LogP) is 2.61. The van der Waals surface area contributed by atoms with E-state index in [0.29, 0.717) is 11.7 Å². The molecule has 0 radical (unpaired) electrons. The number of hydrogen-bond donors (Lipinski definition) is 3. The molecule has 2 rings (SSSR count). The van der Waals surface area contributed by atoms with Gasteiger partial charge in [0.1, 0.15) is 6.61 Å². The number of rotatable bonds is 4. The molecular formula is C15H22N2O2. The largest absolute Gasteiger partial charge is 0.387 e. The van der Waals surface area contributed by atoms with Crippen LogP contribution in [-0.2, 0) is 4.79 Å². The van der Waals surface area contributed by atoms with Crippen molar-refractivity contribution in [3.8, 4) is 0 Å². The van der Waals surface area contributed by atoms with E-state index in [1.54, 1.807) is 0 Å². The Hall–Kier alpha value is -1.55. The lowest BCUT2D eigenvalue weighted by atomic mass is 9.87. The second kappa shape index (κ2) is 6.57. The van der Waals surface area contributed by atoms with Crippen molar-refractivity contribution >= 4 is 17.3 Å². The van der Waals surface area contributed by atoms with Crippen LogP contribution >= 0.6 is 0 Å². The zero-order valence-electron chi connectivity index (χ0n) is 11.4. The van der Waals surface area contributed by atoms with Crippen molar-refractivity contribution in [2.75, 3.05) is 17.2 Å². The van der Waals surface area contributed by atoms with E-state index >= 15 is 0 Å². The minimum absolute atomic E-state index is 0.386. The Kier molecular flexibility index (Phi) is 4.80. The highest BCUT2D eigenvalue weighted by Gasteiger charge is 2.18. The number of aliphatic hydroxyl groups excluding tert-OH is 1. The van der Waals surface area contributed by atoms with Gasteiger partial charge in [0.05, 0.1) is 0 Å². The smallest absolute Gasteiger partial charge is 0.250 e. The van der Waals surface area contributed by atoms with Crippen molar-refractivity contribution in [1.82, 2.24) is 0 Å². The zero-order valence-corrected chi connectivity index (χ0v) is 11.4. The van der Waals surface area contributed by atoms with Crippen LogP contribution in [0.5, 0.6) is 0 Å². The Labute approximate surface area is 114 Å². The number of amides is 1. The molecule has 3 N–H and O–H groups in total. The lowest BCUT2D eigenvalue weighted by molar-refractivity contribution is -0.118. The second-order valence-electron chi connectivity index (χ2n) is 5.40. The molecule has 0 heterocycles. The molecule has 0 aliphatic heterocycles. The van der Waals surface area contributed by atoms with Gasteiger partial charge in [0.15, 0.2) is 0 Å². The summed E-state index contributed by atoms with van der Waals surface area (Å²) in [5.74, 6) is 0.395. The molecule has 1 amide bonds. The molecule has 2 atom stereocenters. The molecule has 1 aliphatic rings. The summed E-state index contributed by atoms with van der Waals surface area (Å²) in [6.45, 7) is 1.81. The van der Waals surface area contributed by atoms with Crippen LogP contribution < -0.4 is 10.6 Å². The van der Waals surface area contributed by atoms with Gasteiger partial charge in [0.2, 0.25) is 5.91 Å². The van der Waals surface area contributed by atoms with Gasteiger partial charge in [-0.15, -0.1) is 0 Å². The van der Waals surface area contributed by atoms with E-state index in [2.05, 4.69) is 17.6 Å². The number of carbonyl (C=O) groups excluding carboxylic acids is 1. The topological polar surface area (TPSA) is 61.4 Å². The Balaban J connectivity index is 1.96. The van der Waals surface area contributed by atoms with Crippen LogP contribution in [-0.4, -0.2) is 23.7 Å². The molecule has 4 heteroatoms. The number of nitrogens with one attached hydrogen (secondary N) is 2. The van der Waals surface area contributed by atoms with Crippen LogP contribution in [0, 0.1) is 5.92 Å². The summed E-state index contributed by atoms with van der Waals surface area (Å²) in [6, 6.07) is 8.16. The highest BCUT2D eigenvalue weighted by Crippen LogP contribution is 2.26. The molecular weight excluding hydrogens is 240 g/mol.